The van der Waals surface area contributed by atoms with Crippen LogP contribution in [0.3, 0.4) is 0 Å². The molecule has 0 spiro atoms. The summed E-state index contributed by atoms with van der Waals surface area (Å²) in [5.41, 5.74) is 6.29. The van der Waals surface area contributed by atoms with Gasteiger partial charge >= 0.3 is 5.97 Å². The average Bonchev–Trinajstić information content (AvgIpc) is 1.90. The molecule has 1 heterocycles. The fourth-order valence-electron chi connectivity index (χ4n) is 0.792. The molecule has 1 unspecified atom stereocenters. The van der Waals surface area contributed by atoms with Crippen LogP contribution in [0.5, 0.6) is 0 Å². The summed E-state index contributed by atoms with van der Waals surface area (Å²) in [4.78, 5) is 10.2. The van der Waals surface area contributed by atoms with Gasteiger partial charge in [0.25, 0.3) is 0 Å². The smallest absolute Gasteiger partial charge is 0.322 e. The van der Waals surface area contributed by atoms with Crippen LogP contribution in [-0.2, 0) is 4.79 Å². The van der Waals surface area contributed by atoms with Crippen LogP contribution in [0.2, 0.25) is 0 Å². The number of carboxylic acid groups (broad SMARTS) is 1. The van der Waals surface area contributed by atoms with Gasteiger partial charge in [-0.3, -0.25) is 4.79 Å². The Kier molecular flexibility index (Phi) is 2.02. The first-order valence-electron chi connectivity index (χ1n) is 2.95. The average molecular weight is 129 g/mol. The molecule has 1 fully saturated rings. The molecule has 51 valence electrons. The maximum atomic E-state index is 10.2. The van der Waals surface area contributed by atoms with Gasteiger partial charge in [-0.15, -0.1) is 0 Å². The van der Waals surface area contributed by atoms with Crippen molar-refractivity contribution in [2.75, 3.05) is 6.54 Å². The van der Waals surface area contributed by atoms with Crippen molar-refractivity contribution in [2.24, 2.45) is 0 Å². The molecule has 1 radical (unpaired) electrons. The van der Waals surface area contributed by atoms with Crippen LogP contribution in [-0.4, -0.2) is 23.7 Å². The van der Waals surface area contributed by atoms with Gasteiger partial charge < -0.3 is 5.11 Å². The van der Waals surface area contributed by atoms with Crippen LogP contribution < -0.4 is 10.9 Å². The molecule has 4 heteroatoms. The van der Waals surface area contributed by atoms with Crippen molar-refractivity contribution in [3.05, 3.63) is 0 Å². The van der Waals surface area contributed by atoms with E-state index in [1.165, 1.54) is 0 Å². The van der Waals surface area contributed by atoms with Crippen LogP contribution in [0.1, 0.15) is 12.8 Å². The quantitative estimate of drug-likeness (QED) is 0.494. The lowest BCUT2D eigenvalue weighted by atomic mass is 10.1. The molecule has 0 amide bonds. The van der Waals surface area contributed by atoms with Gasteiger partial charge in [0.2, 0.25) is 0 Å². The van der Waals surface area contributed by atoms with E-state index in [9.17, 15) is 4.79 Å². The summed E-state index contributed by atoms with van der Waals surface area (Å²) in [5.74, 6) is -0.807. The largest absolute Gasteiger partial charge is 0.480 e. The topological polar surface area (TPSA) is 63.4 Å². The summed E-state index contributed by atoms with van der Waals surface area (Å²) in [5, 5.41) is 8.42. The molecule has 4 nitrogen and oxygen atoms in total. The number of aliphatic carboxylic acids is 1. The summed E-state index contributed by atoms with van der Waals surface area (Å²) in [6.07, 6.45) is 1.57. The van der Waals surface area contributed by atoms with E-state index in [0.29, 0.717) is 6.42 Å². The third-order valence-electron chi connectivity index (χ3n) is 1.31. The van der Waals surface area contributed by atoms with Crippen LogP contribution in [0.4, 0.5) is 0 Å². The summed E-state index contributed by atoms with van der Waals surface area (Å²) in [6, 6.07) is -0.446. The molecule has 2 N–H and O–H groups in total. The highest BCUT2D eigenvalue weighted by Crippen LogP contribution is 1.99. The number of nitrogens with one attached hydrogen (secondary N) is 1. The second-order valence-corrected chi connectivity index (χ2v) is 2.04. The number of hydrogen-bond acceptors (Lipinski definition) is 2. The highest BCUT2D eigenvalue weighted by Gasteiger charge is 2.19. The molecule has 0 aromatic heterocycles. The Bertz CT molecular complexity index is 110. The molecule has 0 saturated carbocycles. The summed E-state index contributed by atoms with van der Waals surface area (Å²) < 4.78 is 0. The standard InChI is InChI=1S/C5H9N2O2/c8-5(9)4-2-1-3-6-7-4/h4,7H,1-3H2,(H,8,9). The maximum absolute atomic E-state index is 10.2. The zero-order valence-electron chi connectivity index (χ0n) is 5.00. The van der Waals surface area contributed by atoms with E-state index in [4.69, 9.17) is 5.11 Å². The van der Waals surface area contributed by atoms with Crippen molar-refractivity contribution < 1.29 is 9.90 Å². The van der Waals surface area contributed by atoms with Gasteiger partial charge in [0, 0.05) is 6.54 Å². The summed E-state index contributed by atoms with van der Waals surface area (Å²) >= 11 is 0. The lowest BCUT2D eigenvalue weighted by Crippen LogP contribution is -2.45. The van der Waals surface area contributed by atoms with Gasteiger partial charge in [0.1, 0.15) is 6.04 Å². The normalized spacial score (nSPS) is 27.8. The van der Waals surface area contributed by atoms with Crippen molar-refractivity contribution in [3.63, 3.8) is 0 Å². The molecule has 0 bridgehead atoms. The summed E-state index contributed by atoms with van der Waals surface area (Å²) in [7, 11) is 0. The predicted molar refractivity (Wildman–Crippen MR) is 30.8 cm³/mol. The van der Waals surface area contributed by atoms with Gasteiger partial charge in [0.15, 0.2) is 0 Å². The fraction of sp³-hybridized carbons (Fsp3) is 0.800. The van der Waals surface area contributed by atoms with E-state index >= 15 is 0 Å². The number of carbonyl (C=O) groups is 1. The van der Waals surface area contributed by atoms with Crippen LogP contribution in [0.25, 0.3) is 0 Å². The van der Waals surface area contributed by atoms with Gasteiger partial charge in [-0.1, -0.05) is 0 Å². The number of nitrogens with zero attached hydrogens (tertiary/aromatic N) is 1. The predicted octanol–water partition coefficient (Wildman–Crippen LogP) is -0.658. The molecule has 1 rings (SSSR count). The zero-order valence-corrected chi connectivity index (χ0v) is 5.00. The zero-order chi connectivity index (χ0) is 6.69. The third kappa shape index (κ3) is 1.65. The second kappa shape index (κ2) is 2.80. The first-order chi connectivity index (χ1) is 4.30. The van der Waals surface area contributed by atoms with E-state index in [0.717, 1.165) is 13.0 Å². The molecule has 0 aromatic rings. The van der Waals surface area contributed by atoms with Crippen molar-refractivity contribution in [1.29, 1.82) is 0 Å². The highest BCUT2D eigenvalue weighted by atomic mass is 16.4. The first-order valence-corrected chi connectivity index (χ1v) is 2.95. The Balaban J connectivity index is 2.31. The molecule has 0 aromatic carbocycles. The molecular weight excluding hydrogens is 120 g/mol. The van der Waals surface area contributed by atoms with Gasteiger partial charge in [-0.25, -0.2) is 5.43 Å². The van der Waals surface area contributed by atoms with Crippen LogP contribution in [0.15, 0.2) is 0 Å². The Labute approximate surface area is 53.2 Å². The third-order valence-corrected chi connectivity index (χ3v) is 1.31. The summed E-state index contributed by atoms with van der Waals surface area (Å²) in [6.45, 7) is 0.740. The highest BCUT2D eigenvalue weighted by molar-refractivity contribution is 5.73. The Morgan fingerprint density at radius 3 is 2.89 bits per heavy atom. The van der Waals surface area contributed by atoms with E-state index < -0.39 is 12.0 Å². The molecular formula is C5H9N2O2. The molecule has 1 atom stereocenters. The maximum Gasteiger partial charge on any atom is 0.322 e. The Hall–Kier alpha value is -0.610. The van der Waals surface area contributed by atoms with Crippen molar-refractivity contribution in [3.8, 4) is 0 Å². The number of carboxylic acids is 1. The molecule has 0 aliphatic carbocycles. The van der Waals surface area contributed by atoms with Gasteiger partial charge in [-0.2, -0.15) is 5.43 Å². The molecule has 9 heavy (non-hydrogen) atoms. The van der Waals surface area contributed by atoms with E-state index in [-0.39, 0.29) is 0 Å². The minimum atomic E-state index is -0.807. The molecule has 1 aliphatic rings. The van der Waals surface area contributed by atoms with Gasteiger partial charge in [0.05, 0.1) is 0 Å². The second-order valence-electron chi connectivity index (χ2n) is 2.04. The lowest BCUT2D eigenvalue weighted by molar-refractivity contribution is -0.140. The van der Waals surface area contributed by atoms with Crippen LogP contribution in [0, 0.1) is 0 Å². The molecule has 1 aliphatic heterocycles. The van der Waals surface area contributed by atoms with Crippen LogP contribution >= 0.6 is 0 Å². The van der Waals surface area contributed by atoms with E-state index in [2.05, 4.69) is 10.9 Å². The van der Waals surface area contributed by atoms with E-state index in [1.807, 2.05) is 0 Å². The Morgan fingerprint density at radius 1 is 1.78 bits per heavy atom. The Morgan fingerprint density at radius 2 is 2.56 bits per heavy atom. The molecule has 1 saturated heterocycles. The lowest BCUT2D eigenvalue weighted by Gasteiger charge is -2.17. The monoisotopic (exact) mass is 129 g/mol. The minimum Gasteiger partial charge on any atom is -0.480 e. The number of hydrogen-bond donors (Lipinski definition) is 2. The SMILES string of the molecule is O=C(O)C1CCC[N]N1. The fourth-order valence-corrected chi connectivity index (χ4v) is 0.792. The van der Waals surface area contributed by atoms with Crippen molar-refractivity contribution >= 4 is 5.97 Å². The first kappa shape index (κ1) is 6.51. The minimum absolute atomic E-state index is 0.446. The van der Waals surface area contributed by atoms with E-state index in [1.54, 1.807) is 0 Å². The van der Waals surface area contributed by atoms with Crippen molar-refractivity contribution in [1.82, 2.24) is 10.9 Å². The van der Waals surface area contributed by atoms with Gasteiger partial charge in [-0.05, 0) is 12.8 Å². The number of rotatable bonds is 1. The van der Waals surface area contributed by atoms with Crippen molar-refractivity contribution in [2.45, 2.75) is 18.9 Å².